The number of nitrogens with two attached hydrogens (primary N) is 1. The van der Waals surface area contributed by atoms with E-state index in [2.05, 4.69) is 4.98 Å². The molecule has 1 atom stereocenters. The summed E-state index contributed by atoms with van der Waals surface area (Å²) in [6.07, 6.45) is 2.43. The summed E-state index contributed by atoms with van der Waals surface area (Å²) in [5.41, 5.74) is 6.31. The van der Waals surface area contributed by atoms with Gasteiger partial charge >= 0.3 is 0 Å². The number of thiazole rings is 1. The molecule has 2 aromatic rings. The largest absolute Gasteiger partial charge is 0.375 e. The summed E-state index contributed by atoms with van der Waals surface area (Å²) < 4.78 is 27.9. The molecule has 1 aliphatic carbocycles. The van der Waals surface area contributed by atoms with Crippen LogP contribution in [0.15, 0.2) is 29.2 Å². The maximum Gasteiger partial charge on any atom is 0.289 e. The van der Waals surface area contributed by atoms with E-state index >= 15 is 0 Å². The van der Waals surface area contributed by atoms with Crippen molar-refractivity contribution >= 4 is 32.2 Å². The van der Waals surface area contributed by atoms with E-state index in [1.807, 2.05) is 6.92 Å². The molecule has 2 N–H and O–H groups in total. The molecule has 1 heterocycles. The van der Waals surface area contributed by atoms with Crippen molar-refractivity contribution in [2.45, 2.75) is 43.5 Å². The van der Waals surface area contributed by atoms with Gasteiger partial charge in [0.1, 0.15) is 0 Å². The Bertz CT molecular complexity index is 926. The lowest BCUT2D eigenvalue weighted by molar-refractivity contribution is -0.387. The molecule has 0 aliphatic heterocycles. The number of rotatable bonds is 6. The Morgan fingerprint density at radius 2 is 2.15 bits per heavy atom. The number of nitro groups is 1. The number of hydrogen-bond donors (Lipinski definition) is 1. The maximum absolute atomic E-state index is 13.2. The van der Waals surface area contributed by atoms with Crippen molar-refractivity contribution in [3.63, 3.8) is 0 Å². The first-order valence-corrected chi connectivity index (χ1v) is 10.6. The first-order valence-electron chi connectivity index (χ1n) is 8.34. The molecule has 1 aromatic carbocycles. The van der Waals surface area contributed by atoms with Crippen LogP contribution in [-0.2, 0) is 22.9 Å². The van der Waals surface area contributed by atoms with E-state index in [1.165, 1.54) is 39.9 Å². The van der Waals surface area contributed by atoms with Crippen molar-refractivity contribution < 1.29 is 13.3 Å². The van der Waals surface area contributed by atoms with E-state index in [1.54, 1.807) is 0 Å². The molecule has 0 unspecified atom stereocenters. The lowest BCUT2D eigenvalue weighted by atomic mass is 9.97. The molecule has 0 bridgehead atoms. The van der Waals surface area contributed by atoms with Crippen LogP contribution in [0, 0.1) is 10.1 Å². The molecule has 1 aromatic heterocycles. The van der Waals surface area contributed by atoms with Gasteiger partial charge < -0.3 is 5.73 Å². The van der Waals surface area contributed by atoms with Crippen LogP contribution in [0.25, 0.3) is 0 Å². The SMILES string of the molecule is CCCN([C@H]1CCc2nc(N)sc2C1)S(=O)(=O)c1ccccc1[N+](=O)[O-]. The van der Waals surface area contributed by atoms with E-state index in [9.17, 15) is 18.5 Å². The van der Waals surface area contributed by atoms with Gasteiger partial charge in [0.15, 0.2) is 10.0 Å². The second-order valence-electron chi connectivity index (χ2n) is 6.16. The van der Waals surface area contributed by atoms with Gasteiger partial charge in [-0.3, -0.25) is 10.1 Å². The summed E-state index contributed by atoms with van der Waals surface area (Å²) in [4.78, 5) is 15.7. The van der Waals surface area contributed by atoms with E-state index in [-0.39, 0.29) is 10.9 Å². The zero-order valence-corrected chi connectivity index (χ0v) is 15.9. The zero-order chi connectivity index (χ0) is 18.9. The number of aryl methyl sites for hydroxylation is 1. The summed E-state index contributed by atoms with van der Waals surface area (Å²) in [5, 5.41) is 11.8. The van der Waals surface area contributed by atoms with Crippen molar-refractivity contribution in [3.05, 3.63) is 45.0 Å². The standard InChI is InChI=1S/C16H20N4O4S2/c1-2-9-19(11-7-8-12-14(10-11)25-16(17)18-12)26(23,24)15-6-4-3-5-13(15)20(21)22/h3-6,11H,2,7-10H2,1H3,(H2,17,18)/t11-/m0/s1. The number of nitro benzene ring substituents is 1. The van der Waals surface area contributed by atoms with Gasteiger partial charge in [0.25, 0.3) is 5.69 Å². The van der Waals surface area contributed by atoms with Crippen molar-refractivity contribution in [2.75, 3.05) is 12.3 Å². The number of nitrogen functional groups attached to an aromatic ring is 1. The normalized spacial score (nSPS) is 17.2. The molecule has 1 aliphatic rings. The highest BCUT2D eigenvalue weighted by molar-refractivity contribution is 7.89. The molecule has 0 amide bonds. The van der Waals surface area contributed by atoms with Crippen molar-refractivity contribution in [3.8, 4) is 0 Å². The Morgan fingerprint density at radius 3 is 2.85 bits per heavy atom. The smallest absolute Gasteiger partial charge is 0.289 e. The van der Waals surface area contributed by atoms with Crippen LogP contribution in [0.3, 0.4) is 0 Å². The molecular weight excluding hydrogens is 376 g/mol. The molecule has 0 spiro atoms. The van der Waals surface area contributed by atoms with Gasteiger partial charge in [0.05, 0.1) is 10.6 Å². The van der Waals surface area contributed by atoms with E-state index in [0.717, 1.165) is 10.6 Å². The lowest BCUT2D eigenvalue weighted by Gasteiger charge is -2.32. The van der Waals surface area contributed by atoms with Crippen LogP contribution < -0.4 is 5.73 Å². The van der Waals surface area contributed by atoms with Gasteiger partial charge in [0, 0.05) is 30.0 Å². The van der Waals surface area contributed by atoms with Gasteiger partial charge in [-0.1, -0.05) is 19.1 Å². The molecule has 3 rings (SSSR count). The number of benzene rings is 1. The first kappa shape index (κ1) is 18.7. The average Bonchev–Trinajstić information content (AvgIpc) is 2.98. The first-order chi connectivity index (χ1) is 12.3. The molecule has 0 radical (unpaired) electrons. The van der Waals surface area contributed by atoms with Crippen molar-refractivity contribution in [1.82, 2.24) is 9.29 Å². The molecular formula is C16H20N4O4S2. The van der Waals surface area contributed by atoms with Crippen molar-refractivity contribution in [1.29, 1.82) is 0 Å². The van der Waals surface area contributed by atoms with Crippen LogP contribution in [0.5, 0.6) is 0 Å². The third-order valence-corrected chi connectivity index (χ3v) is 7.38. The minimum absolute atomic E-state index is 0.256. The monoisotopic (exact) mass is 396 g/mol. The molecule has 0 fully saturated rings. The van der Waals surface area contributed by atoms with Crippen LogP contribution in [0.2, 0.25) is 0 Å². The fraction of sp³-hybridized carbons (Fsp3) is 0.438. The number of nitrogens with zero attached hydrogens (tertiary/aromatic N) is 3. The molecule has 140 valence electrons. The van der Waals surface area contributed by atoms with E-state index < -0.39 is 20.6 Å². The second kappa shape index (κ2) is 7.29. The Hall–Kier alpha value is -2.04. The minimum atomic E-state index is -3.99. The number of aromatic nitrogens is 1. The quantitative estimate of drug-likeness (QED) is 0.592. The summed E-state index contributed by atoms with van der Waals surface area (Å²) in [7, 11) is -3.99. The number of para-hydroxylation sites is 1. The van der Waals surface area contributed by atoms with Crippen LogP contribution in [0.4, 0.5) is 10.8 Å². The minimum Gasteiger partial charge on any atom is -0.375 e. The molecule has 26 heavy (non-hydrogen) atoms. The maximum atomic E-state index is 13.2. The third kappa shape index (κ3) is 3.44. The number of anilines is 1. The molecule has 10 heteroatoms. The molecule has 0 saturated carbocycles. The Kier molecular flexibility index (Phi) is 5.26. The molecule has 8 nitrogen and oxygen atoms in total. The van der Waals surface area contributed by atoms with Gasteiger partial charge in [-0.2, -0.15) is 4.31 Å². The topological polar surface area (TPSA) is 119 Å². The van der Waals surface area contributed by atoms with E-state index in [0.29, 0.717) is 37.4 Å². The van der Waals surface area contributed by atoms with Gasteiger partial charge in [0.2, 0.25) is 10.0 Å². The number of fused-ring (bicyclic) bond motifs is 1. The Morgan fingerprint density at radius 1 is 1.42 bits per heavy atom. The summed E-state index contributed by atoms with van der Waals surface area (Å²) >= 11 is 1.38. The summed E-state index contributed by atoms with van der Waals surface area (Å²) in [5.74, 6) is 0. The van der Waals surface area contributed by atoms with Gasteiger partial charge in [-0.25, -0.2) is 13.4 Å². The highest BCUT2D eigenvalue weighted by Crippen LogP contribution is 2.34. The predicted octanol–water partition coefficient (Wildman–Crippen LogP) is 2.59. The molecule has 0 saturated heterocycles. The fourth-order valence-corrected chi connectivity index (χ4v) is 6.15. The van der Waals surface area contributed by atoms with Gasteiger partial charge in [-0.15, -0.1) is 11.3 Å². The lowest BCUT2D eigenvalue weighted by Crippen LogP contribution is -2.43. The average molecular weight is 396 g/mol. The Balaban J connectivity index is 1.99. The van der Waals surface area contributed by atoms with Crippen molar-refractivity contribution in [2.24, 2.45) is 0 Å². The number of hydrogen-bond acceptors (Lipinski definition) is 7. The predicted molar refractivity (Wildman–Crippen MR) is 99.6 cm³/mol. The summed E-state index contributed by atoms with van der Waals surface area (Å²) in [6, 6.07) is 5.24. The summed E-state index contributed by atoms with van der Waals surface area (Å²) in [6.45, 7) is 2.20. The fourth-order valence-electron chi connectivity index (χ4n) is 3.30. The second-order valence-corrected chi connectivity index (χ2v) is 9.13. The number of sulfonamides is 1. The Labute approximate surface area is 155 Å². The zero-order valence-electron chi connectivity index (χ0n) is 14.3. The van der Waals surface area contributed by atoms with Crippen LogP contribution >= 0.6 is 11.3 Å². The van der Waals surface area contributed by atoms with Crippen LogP contribution in [0.1, 0.15) is 30.3 Å². The van der Waals surface area contributed by atoms with Crippen LogP contribution in [-0.4, -0.2) is 35.2 Å². The highest BCUT2D eigenvalue weighted by Gasteiger charge is 2.37. The van der Waals surface area contributed by atoms with Gasteiger partial charge in [-0.05, 0) is 25.3 Å². The third-order valence-electron chi connectivity index (χ3n) is 4.43. The van der Waals surface area contributed by atoms with E-state index in [4.69, 9.17) is 5.73 Å². The highest BCUT2D eigenvalue weighted by atomic mass is 32.2.